The van der Waals surface area contributed by atoms with Gasteiger partial charge in [-0.3, -0.25) is 9.78 Å². The number of carbonyl (C=O) groups excluding carboxylic acids is 1. The minimum atomic E-state index is -0.298. The molecule has 3 rings (SSSR count). The van der Waals surface area contributed by atoms with Crippen LogP contribution in [0, 0.1) is 5.82 Å². The highest BCUT2D eigenvalue weighted by Gasteiger charge is 2.09. The summed E-state index contributed by atoms with van der Waals surface area (Å²) in [6.45, 7) is 0.872. The third-order valence-electron chi connectivity index (χ3n) is 4.07. The summed E-state index contributed by atoms with van der Waals surface area (Å²) in [4.78, 5) is 16.4. The molecule has 0 saturated carbocycles. The van der Waals surface area contributed by atoms with Crippen LogP contribution in [0.25, 0.3) is 0 Å². The number of halogens is 2. The van der Waals surface area contributed by atoms with Gasteiger partial charge in [-0.1, -0.05) is 48.0 Å². The highest BCUT2D eigenvalue weighted by atomic mass is 35.5. The maximum Gasteiger partial charge on any atom is 0.269 e. The number of benzene rings is 2. The van der Waals surface area contributed by atoms with Gasteiger partial charge < -0.3 is 10.6 Å². The third kappa shape index (κ3) is 5.28. The van der Waals surface area contributed by atoms with E-state index in [0.717, 1.165) is 11.3 Å². The second-order valence-corrected chi connectivity index (χ2v) is 6.38. The topological polar surface area (TPSA) is 54.0 Å². The molecule has 0 spiro atoms. The summed E-state index contributed by atoms with van der Waals surface area (Å²) in [5, 5.41) is 6.69. The minimum absolute atomic E-state index is 0.268. The van der Waals surface area contributed by atoms with E-state index in [0.29, 0.717) is 35.8 Å². The monoisotopic (exact) mass is 383 g/mol. The largest absolute Gasteiger partial charge is 0.381 e. The molecule has 0 aliphatic carbocycles. The number of carbonyl (C=O) groups is 1. The van der Waals surface area contributed by atoms with Gasteiger partial charge in [0.05, 0.1) is 0 Å². The first kappa shape index (κ1) is 18.9. The lowest BCUT2D eigenvalue weighted by Gasteiger charge is -2.10. The summed E-state index contributed by atoms with van der Waals surface area (Å²) in [5.74, 6) is -0.566. The molecule has 0 radical (unpaired) electrons. The molecule has 1 amide bonds. The number of pyridine rings is 1. The number of nitrogens with one attached hydrogen (secondary N) is 2. The predicted molar refractivity (Wildman–Crippen MR) is 105 cm³/mol. The molecule has 2 aromatic carbocycles. The maximum absolute atomic E-state index is 13.6. The van der Waals surface area contributed by atoms with E-state index in [1.54, 1.807) is 36.5 Å². The molecule has 2 N–H and O–H groups in total. The van der Waals surface area contributed by atoms with Gasteiger partial charge in [0.15, 0.2) is 0 Å². The Labute approximate surface area is 162 Å². The number of aromatic nitrogens is 1. The normalized spacial score (nSPS) is 10.4. The molecular weight excluding hydrogens is 365 g/mol. The lowest BCUT2D eigenvalue weighted by molar-refractivity contribution is 0.0949. The number of amides is 1. The van der Waals surface area contributed by atoms with Crippen molar-refractivity contribution >= 4 is 23.2 Å². The molecule has 0 aliphatic heterocycles. The molecule has 0 unspecified atom stereocenters. The number of rotatable bonds is 7. The molecule has 6 heteroatoms. The highest BCUT2D eigenvalue weighted by molar-refractivity contribution is 6.31. The molecule has 0 bridgehead atoms. The summed E-state index contributed by atoms with van der Waals surface area (Å²) in [7, 11) is 0. The molecule has 138 valence electrons. The van der Waals surface area contributed by atoms with Gasteiger partial charge in [-0.05, 0) is 41.8 Å². The zero-order chi connectivity index (χ0) is 19.1. The second-order valence-electron chi connectivity index (χ2n) is 5.97. The average molecular weight is 384 g/mol. The van der Waals surface area contributed by atoms with Gasteiger partial charge >= 0.3 is 0 Å². The van der Waals surface area contributed by atoms with Crippen LogP contribution in [0.3, 0.4) is 0 Å². The maximum atomic E-state index is 13.6. The Balaban J connectivity index is 1.55. The van der Waals surface area contributed by atoms with Gasteiger partial charge in [-0.15, -0.1) is 0 Å². The van der Waals surface area contributed by atoms with Crippen LogP contribution >= 0.6 is 11.6 Å². The quantitative estimate of drug-likeness (QED) is 0.633. The van der Waals surface area contributed by atoms with Crippen LogP contribution in [-0.2, 0) is 13.0 Å². The van der Waals surface area contributed by atoms with Crippen LogP contribution in [0.2, 0.25) is 5.02 Å². The van der Waals surface area contributed by atoms with Crippen molar-refractivity contribution in [2.24, 2.45) is 0 Å². The molecular formula is C21H19ClFN3O. The average Bonchev–Trinajstić information content (AvgIpc) is 2.69. The van der Waals surface area contributed by atoms with Crippen molar-refractivity contribution in [1.29, 1.82) is 0 Å². The zero-order valence-electron chi connectivity index (χ0n) is 14.6. The van der Waals surface area contributed by atoms with E-state index in [9.17, 15) is 9.18 Å². The third-order valence-corrected chi connectivity index (χ3v) is 4.44. The van der Waals surface area contributed by atoms with Crippen molar-refractivity contribution in [3.8, 4) is 0 Å². The molecule has 1 aromatic heterocycles. The van der Waals surface area contributed by atoms with E-state index < -0.39 is 0 Å². The standard InChI is InChI=1S/C21H19ClFN3O/c22-18-7-3-1-6-16(18)14-26-17-10-12-24-20(13-17)21(27)25-11-9-15-5-2-4-8-19(15)23/h1-8,10,12-13H,9,11,14H2,(H,24,26)(H,25,27). The van der Waals surface area contributed by atoms with E-state index in [4.69, 9.17) is 11.6 Å². The molecule has 0 aliphatic rings. The first-order chi connectivity index (χ1) is 13.1. The smallest absolute Gasteiger partial charge is 0.269 e. The second kappa shape index (κ2) is 9.14. The van der Waals surface area contributed by atoms with Crippen LogP contribution in [0.1, 0.15) is 21.6 Å². The van der Waals surface area contributed by atoms with E-state index in [-0.39, 0.29) is 11.7 Å². The van der Waals surface area contributed by atoms with E-state index in [1.807, 2.05) is 24.3 Å². The summed E-state index contributed by atoms with van der Waals surface area (Å²) in [6, 6.07) is 17.6. The first-order valence-electron chi connectivity index (χ1n) is 8.58. The molecule has 3 aromatic rings. The number of hydrogen-bond donors (Lipinski definition) is 2. The van der Waals surface area contributed by atoms with Crippen LogP contribution in [0.15, 0.2) is 66.9 Å². The molecule has 0 atom stereocenters. The SMILES string of the molecule is O=C(NCCc1ccccc1F)c1cc(NCc2ccccc2Cl)ccn1. The highest BCUT2D eigenvalue weighted by Crippen LogP contribution is 2.17. The number of anilines is 1. The van der Waals surface area contributed by atoms with Crippen LogP contribution in [-0.4, -0.2) is 17.4 Å². The van der Waals surface area contributed by atoms with Crippen molar-refractivity contribution in [3.05, 3.63) is 94.5 Å². The van der Waals surface area contributed by atoms with Gasteiger partial charge in [0.25, 0.3) is 5.91 Å². The summed E-state index contributed by atoms with van der Waals surface area (Å²) < 4.78 is 13.6. The summed E-state index contributed by atoms with van der Waals surface area (Å²) in [6.07, 6.45) is 1.99. The van der Waals surface area contributed by atoms with Crippen LogP contribution in [0.5, 0.6) is 0 Å². The van der Waals surface area contributed by atoms with Crippen molar-refractivity contribution in [2.45, 2.75) is 13.0 Å². The Bertz CT molecular complexity index is 933. The van der Waals surface area contributed by atoms with E-state index in [1.165, 1.54) is 6.07 Å². The van der Waals surface area contributed by atoms with Gasteiger partial charge in [0.2, 0.25) is 0 Å². The first-order valence-corrected chi connectivity index (χ1v) is 8.96. The summed E-state index contributed by atoms with van der Waals surface area (Å²) in [5.41, 5.74) is 2.60. The molecule has 0 saturated heterocycles. The minimum Gasteiger partial charge on any atom is -0.381 e. The van der Waals surface area contributed by atoms with Crippen molar-refractivity contribution in [3.63, 3.8) is 0 Å². The summed E-state index contributed by atoms with van der Waals surface area (Å²) >= 11 is 6.15. The van der Waals surface area contributed by atoms with Crippen LogP contribution in [0.4, 0.5) is 10.1 Å². The lowest BCUT2D eigenvalue weighted by atomic mass is 10.1. The van der Waals surface area contributed by atoms with Gasteiger partial charge in [-0.25, -0.2) is 4.39 Å². The Morgan fingerprint density at radius 2 is 1.78 bits per heavy atom. The molecule has 0 fully saturated rings. The predicted octanol–water partition coefficient (Wildman–Crippen LogP) is 4.46. The van der Waals surface area contributed by atoms with E-state index >= 15 is 0 Å². The van der Waals surface area contributed by atoms with Crippen molar-refractivity contribution in [1.82, 2.24) is 10.3 Å². The van der Waals surface area contributed by atoms with Gasteiger partial charge in [0.1, 0.15) is 11.5 Å². The fraction of sp³-hybridized carbons (Fsp3) is 0.143. The zero-order valence-corrected chi connectivity index (χ0v) is 15.3. The number of nitrogens with zero attached hydrogens (tertiary/aromatic N) is 1. The van der Waals surface area contributed by atoms with Crippen molar-refractivity contribution in [2.75, 3.05) is 11.9 Å². The van der Waals surface area contributed by atoms with Crippen LogP contribution < -0.4 is 10.6 Å². The Morgan fingerprint density at radius 3 is 2.56 bits per heavy atom. The van der Waals surface area contributed by atoms with Gasteiger partial charge in [0, 0.05) is 30.0 Å². The van der Waals surface area contributed by atoms with Crippen molar-refractivity contribution < 1.29 is 9.18 Å². The Hall–Kier alpha value is -2.92. The molecule has 4 nitrogen and oxygen atoms in total. The van der Waals surface area contributed by atoms with E-state index in [2.05, 4.69) is 15.6 Å². The molecule has 27 heavy (non-hydrogen) atoms. The Kier molecular flexibility index (Phi) is 6.39. The van der Waals surface area contributed by atoms with Gasteiger partial charge in [-0.2, -0.15) is 0 Å². The molecule has 1 heterocycles. The number of hydrogen-bond acceptors (Lipinski definition) is 3. The fourth-order valence-electron chi connectivity index (χ4n) is 2.61. The Morgan fingerprint density at radius 1 is 1.04 bits per heavy atom. The fourth-order valence-corrected chi connectivity index (χ4v) is 2.81. The lowest BCUT2D eigenvalue weighted by Crippen LogP contribution is -2.26.